The van der Waals surface area contributed by atoms with Gasteiger partial charge in [-0.05, 0) is 50.3 Å². The van der Waals surface area contributed by atoms with Crippen molar-refractivity contribution in [1.29, 1.82) is 0 Å². The Kier molecular flexibility index (Phi) is 5.85. The van der Waals surface area contributed by atoms with E-state index in [0.29, 0.717) is 13.1 Å². The molecule has 0 spiro atoms. The first-order valence-electron chi connectivity index (χ1n) is 11.1. The van der Waals surface area contributed by atoms with Crippen LogP contribution in [0.25, 0.3) is 32.7 Å². The molecule has 8 heteroatoms. The zero-order chi connectivity index (χ0) is 23.8. The summed E-state index contributed by atoms with van der Waals surface area (Å²) in [4.78, 5) is 34.2. The molecule has 1 aliphatic heterocycles. The molecule has 0 atom stereocenters. The Morgan fingerprint density at radius 3 is 2.09 bits per heavy atom. The van der Waals surface area contributed by atoms with E-state index < -0.39 is 0 Å². The summed E-state index contributed by atoms with van der Waals surface area (Å²) < 4.78 is 2.96. The number of carbonyl (C=O) groups excluding carboxylic acids is 2. The highest BCUT2D eigenvalue weighted by atomic mass is 32.1. The normalized spacial score (nSPS) is 14.4. The second kappa shape index (κ2) is 8.96. The molecule has 0 aliphatic carbocycles. The second-order valence-electron chi connectivity index (χ2n) is 7.75. The van der Waals surface area contributed by atoms with Gasteiger partial charge in [0.1, 0.15) is 10.6 Å². The van der Waals surface area contributed by atoms with E-state index >= 15 is 0 Å². The third-order valence-electron chi connectivity index (χ3n) is 5.76. The molecule has 170 valence electrons. The molecule has 6 nitrogen and oxygen atoms in total. The summed E-state index contributed by atoms with van der Waals surface area (Å²) in [6.07, 6.45) is 1.67. The van der Waals surface area contributed by atoms with Crippen molar-refractivity contribution in [2.45, 2.75) is 13.8 Å². The first-order valence-corrected chi connectivity index (χ1v) is 12.3. The van der Waals surface area contributed by atoms with Crippen LogP contribution >= 0.6 is 23.6 Å². The molecule has 0 unspecified atom stereocenters. The van der Waals surface area contributed by atoms with Crippen LogP contribution < -0.4 is 0 Å². The van der Waals surface area contributed by atoms with Crippen molar-refractivity contribution in [1.82, 2.24) is 19.4 Å². The van der Waals surface area contributed by atoms with Gasteiger partial charge < -0.3 is 0 Å². The van der Waals surface area contributed by atoms with E-state index in [1.165, 1.54) is 9.80 Å². The van der Waals surface area contributed by atoms with Gasteiger partial charge in [-0.3, -0.25) is 24.0 Å². The van der Waals surface area contributed by atoms with Crippen molar-refractivity contribution < 1.29 is 9.59 Å². The van der Waals surface area contributed by atoms with E-state index in [1.807, 2.05) is 85.1 Å². The number of nitrogens with zero attached hydrogens (tertiary/aromatic N) is 4. The lowest BCUT2D eigenvalue weighted by Gasteiger charge is -2.35. The number of hydrogen-bond donors (Lipinski definition) is 0. The van der Waals surface area contributed by atoms with Crippen molar-refractivity contribution in [2.75, 3.05) is 13.1 Å². The average molecular weight is 487 g/mol. The quantitative estimate of drug-likeness (QED) is 0.223. The maximum atomic E-state index is 13.2. The van der Waals surface area contributed by atoms with Crippen LogP contribution in [0.5, 0.6) is 0 Å². The van der Waals surface area contributed by atoms with E-state index in [4.69, 9.17) is 17.2 Å². The summed E-state index contributed by atoms with van der Waals surface area (Å²) in [5.74, 6) is -0.742. The van der Waals surface area contributed by atoms with Gasteiger partial charge in [-0.15, -0.1) is 11.3 Å². The molecule has 1 aliphatic rings. The topological polar surface area (TPSA) is 58.4 Å². The predicted octanol–water partition coefficient (Wildman–Crippen LogP) is 5.13. The van der Waals surface area contributed by atoms with Crippen molar-refractivity contribution in [3.63, 3.8) is 0 Å². The number of rotatable bonds is 5. The van der Waals surface area contributed by atoms with Crippen LogP contribution in [0.4, 0.5) is 0 Å². The van der Waals surface area contributed by atoms with Gasteiger partial charge in [0.2, 0.25) is 0 Å². The van der Waals surface area contributed by atoms with E-state index in [1.54, 1.807) is 17.4 Å². The Morgan fingerprint density at radius 2 is 1.50 bits per heavy atom. The fourth-order valence-electron chi connectivity index (χ4n) is 4.09. The minimum absolute atomic E-state index is 0.0999. The third-order valence-corrected chi connectivity index (χ3v) is 7.24. The maximum Gasteiger partial charge on any atom is 0.265 e. The van der Waals surface area contributed by atoms with Crippen molar-refractivity contribution >= 4 is 56.9 Å². The highest BCUT2D eigenvalue weighted by molar-refractivity contribution is 7.80. The molecule has 2 aromatic heterocycles. The molecule has 2 amide bonds. The minimum Gasteiger partial charge on any atom is -0.294 e. The molecule has 1 saturated heterocycles. The molecule has 0 bridgehead atoms. The first kappa shape index (κ1) is 22.2. The van der Waals surface area contributed by atoms with Crippen LogP contribution in [0, 0.1) is 0 Å². The molecular weight excluding hydrogens is 464 g/mol. The van der Waals surface area contributed by atoms with Gasteiger partial charge >= 0.3 is 0 Å². The van der Waals surface area contributed by atoms with Crippen molar-refractivity contribution in [3.05, 3.63) is 78.0 Å². The monoisotopic (exact) mass is 486 g/mol. The Morgan fingerprint density at radius 1 is 0.912 bits per heavy atom. The molecule has 5 rings (SSSR count). The van der Waals surface area contributed by atoms with Gasteiger partial charge in [0.15, 0.2) is 10.8 Å². The lowest BCUT2D eigenvalue weighted by molar-refractivity contribution is -0.133. The molecule has 2 aromatic carbocycles. The van der Waals surface area contributed by atoms with Crippen LogP contribution in [0.2, 0.25) is 0 Å². The standard InChI is InChI=1S/C26H22N4O2S2/c1-3-28-24(31)20(25(32)29(4-2)26(28)33)15-19-16-21-22(30(19)18-13-9-6-10-14-18)27-23(34-21)17-11-7-5-8-12-17/h5-16H,3-4H2,1-2H3. The predicted molar refractivity (Wildman–Crippen MR) is 140 cm³/mol. The summed E-state index contributed by atoms with van der Waals surface area (Å²) in [5.41, 5.74) is 3.55. The van der Waals surface area contributed by atoms with Gasteiger partial charge in [-0.1, -0.05) is 48.5 Å². The van der Waals surface area contributed by atoms with Crippen LogP contribution in [0.15, 0.2) is 72.3 Å². The van der Waals surface area contributed by atoms with E-state index in [2.05, 4.69) is 0 Å². The number of carbonyl (C=O) groups is 2. The zero-order valence-corrected chi connectivity index (χ0v) is 20.4. The Balaban J connectivity index is 1.69. The average Bonchev–Trinajstić information content (AvgIpc) is 3.41. The lowest BCUT2D eigenvalue weighted by atomic mass is 10.1. The summed E-state index contributed by atoms with van der Waals surface area (Å²) in [6, 6.07) is 21.9. The van der Waals surface area contributed by atoms with E-state index in [9.17, 15) is 9.59 Å². The van der Waals surface area contributed by atoms with Crippen molar-refractivity contribution in [2.24, 2.45) is 0 Å². The number of amides is 2. The molecule has 0 saturated carbocycles. The zero-order valence-electron chi connectivity index (χ0n) is 18.8. The molecule has 3 heterocycles. The number of fused-ring (bicyclic) bond motifs is 1. The first-order chi connectivity index (χ1) is 16.5. The Bertz CT molecular complexity index is 1410. The maximum absolute atomic E-state index is 13.2. The number of aromatic nitrogens is 2. The number of benzene rings is 2. The summed E-state index contributed by atoms with van der Waals surface area (Å²) in [5, 5.41) is 1.17. The molecule has 0 radical (unpaired) electrons. The fourth-order valence-corrected chi connectivity index (χ4v) is 5.52. The summed E-state index contributed by atoms with van der Waals surface area (Å²) in [7, 11) is 0. The van der Waals surface area contributed by atoms with E-state index in [0.717, 1.165) is 32.3 Å². The number of para-hydroxylation sites is 1. The number of thiazole rings is 1. The molecule has 0 N–H and O–H groups in total. The molecule has 4 aromatic rings. The molecule has 1 fully saturated rings. The van der Waals surface area contributed by atoms with Crippen LogP contribution in [0.3, 0.4) is 0 Å². The second-order valence-corrected chi connectivity index (χ2v) is 9.15. The highest BCUT2D eigenvalue weighted by Gasteiger charge is 2.38. The minimum atomic E-state index is -0.371. The lowest BCUT2D eigenvalue weighted by Crippen LogP contribution is -2.55. The smallest absolute Gasteiger partial charge is 0.265 e. The Labute approximate surface area is 206 Å². The van der Waals surface area contributed by atoms with Gasteiger partial charge in [-0.2, -0.15) is 0 Å². The van der Waals surface area contributed by atoms with Gasteiger partial charge in [0.05, 0.1) is 10.4 Å². The van der Waals surface area contributed by atoms with Gasteiger partial charge in [-0.25, -0.2) is 4.98 Å². The molecular formula is C26H22N4O2S2. The number of hydrogen-bond acceptors (Lipinski definition) is 5. The number of thiocarbonyl (C=S) groups is 1. The summed E-state index contributed by atoms with van der Waals surface area (Å²) >= 11 is 6.97. The largest absolute Gasteiger partial charge is 0.294 e. The fraction of sp³-hybridized carbons (Fsp3) is 0.154. The van der Waals surface area contributed by atoms with E-state index in [-0.39, 0.29) is 22.5 Å². The van der Waals surface area contributed by atoms with Crippen molar-refractivity contribution in [3.8, 4) is 16.3 Å². The highest BCUT2D eigenvalue weighted by Crippen LogP contribution is 2.35. The van der Waals surface area contributed by atoms with Gasteiger partial charge in [0.25, 0.3) is 11.8 Å². The third kappa shape index (κ3) is 3.65. The van der Waals surface area contributed by atoms with Crippen LogP contribution in [0.1, 0.15) is 19.5 Å². The molecule has 34 heavy (non-hydrogen) atoms. The summed E-state index contributed by atoms with van der Waals surface area (Å²) in [6.45, 7) is 4.50. The van der Waals surface area contributed by atoms with Crippen LogP contribution in [-0.2, 0) is 9.59 Å². The van der Waals surface area contributed by atoms with Gasteiger partial charge in [0, 0.05) is 24.3 Å². The SMILES string of the molecule is CCN1C(=O)C(=Cc2cc3sc(-c4ccccc4)nc3n2-c2ccccc2)C(=O)N(CC)C1=S. The Hall–Kier alpha value is -3.62. The number of likely N-dealkylation sites (N-methyl/N-ethyl adjacent to an activating group) is 2. The van der Waals surface area contributed by atoms with Crippen LogP contribution in [-0.4, -0.2) is 49.4 Å².